The van der Waals surface area contributed by atoms with Crippen molar-refractivity contribution in [1.29, 1.82) is 0 Å². The largest absolute Gasteiger partial charge is 0.480 e. The van der Waals surface area contributed by atoms with Crippen LogP contribution in [-0.4, -0.2) is 60.5 Å². The number of hydrogen-bond acceptors (Lipinski definition) is 8. The van der Waals surface area contributed by atoms with Crippen LogP contribution in [0.2, 0.25) is 0 Å². The van der Waals surface area contributed by atoms with Crippen LogP contribution in [-0.2, 0) is 32.7 Å². The molecule has 3 unspecified atom stereocenters. The van der Waals surface area contributed by atoms with Gasteiger partial charge in [-0.1, -0.05) is 157 Å². The number of carboxylic acid groups (broad SMARTS) is 1. The van der Waals surface area contributed by atoms with Crippen LogP contribution >= 0.6 is 7.82 Å². The summed E-state index contributed by atoms with van der Waals surface area (Å²) in [5, 5.41) is 8.88. The van der Waals surface area contributed by atoms with Gasteiger partial charge in [-0.25, -0.2) is 4.57 Å². The van der Waals surface area contributed by atoms with Crippen LogP contribution in [0.25, 0.3) is 0 Å². The van der Waals surface area contributed by atoms with E-state index in [0.29, 0.717) is 13.0 Å². The molecule has 0 aromatic carbocycles. The molecule has 0 saturated heterocycles. The Labute approximate surface area is 327 Å². The topological polar surface area (TPSA) is 155 Å². The second kappa shape index (κ2) is 38.7. The first-order valence-electron chi connectivity index (χ1n) is 20.5. The van der Waals surface area contributed by atoms with E-state index in [1.807, 2.05) is 0 Å². The molecule has 0 bridgehead atoms. The molecule has 0 saturated carbocycles. The molecule has 11 heteroatoms. The Hall–Kier alpha value is -2.59. The highest BCUT2D eigenvalue weighted by molar-refractivity contribution is 7.47. The van der Waals surface area contributed by atoms with E-state index in [9.17, 15) is 19.0 Å². The molecule has 0 aliphatic rings. The summed E-state index contributed by atoms with van der Waals surface area (Å²) in [7, 11) is -4.63. The highest BCUT2D eigenvalue weighted by atomic mass is 31.2. The summed E-state index contributed by atoms with van der Waals surface area (Å²) in [5.74, 6) is -1.81. The first-order chi connectivity index (χ1) is 26.2. The molecule has 4 N–H and O–H groups in total. The number of phosphoric ester groups is 1. The van der Waals surface area contributed by atoms with E-state index in [1.165, 1.54) is 51.4 Å². The minimum Gasteiger partial charge on any atom is -0.480 e. The number of phosphoric acid groups is 1. The van der Waals surface area contributed by atoms with Crippen molar-refractivity contribution in [2.75, 3.05) is 26.4 Å². The highest BCUT2D eigenvalue weighted by Crippen LogP contribution is 2.43. The second-order valence-corrected chi connectivity index (χ2v) is 14.8. The summed E-state index contributed by atoms with van der Waals surface area (Å²) in [5.41, 5.74) is 5.34. The van der Waals surface area contributed by atoms with Crippen molar-refractivity contribution in [2.24, 2.45) is 5.73 Å². The van der Waals surface area contributed by atoms with E-state index in [-0.39, 0.29) is 13.0 Å². The number of hydrogen-bond donors (Lipinski definition) is 3. The Morgan fingerprint density at radius 3 is 1.54 bits per heavy atom. The molecule has 310 valence electrons. The maximum atomic E-state index is 12.6. The molecule has 0 rings (SSSR count). The van der Waals surface area contributed by atoms with Gasteiger partial charge >= 0.3 is 19.8 Å². The Kier molecular flexibility index (Phi) is 36.8. The zero-order valence-electron chi connectivity index (χ0n) is 33.5. The van der Waals surface area contributed by atoms with Crippen molar-refractivity contribution in [2.45, 2.75) is 161 Å². The van der Waals surface area contributed by atoms with Gasteiger partial charge in [0.15, 0.2) is 0 Å². The van der Waals surface area contributed by atoms with Crippen molar-refractivity contribution < 1.29 is 42.7 Å². The van der Waals surface area contributed by atoms with Crippen molar-refractivity contribution in [3.05, 3.63) is 72.9 Å². The Balaban J connectivity index is 4.38. The lowest BCUT2D eigenvalue weighted by atomic mass is 10.0. The van der Waals surface area contributed by atoms with E-state index in [0.717, 1.165) is 70.6 Å². The van der Waals surface area contributed by atoms with Crippen molar-refractivity contribution in [1.82, 2.24) is 0 Å². The number of rotatable bonds is 38. The number of carbonyl (C=O) groups is 2. The summed E-state index contributed by atoms with van der Waals surface area (Å²) < 4.78 is 33.2. The smallest absolute Gasteiger partial charge is 0.472 e. The molecule has 0 heterocycles. The average Bonchev–Trinajstić information content (AvgIpc) is 3.15. The molecule has 3 atom stereocenters. The van der Waals surface area contributed by atoms with E-state index >= 15 is 0 Å². The van der Waals surface area contributed by atoms with Gasteiger partial charge < -0.3 is 25.2 Å². The fourth-order valence-corrected chi connectivity index (χ4v) is 5.87. The normalized spacial score (nSPS) is 14.7. The predicted molar refractivity (Wildman–Crippen MR) is 221 cm³/mol. The van der Waals surface area contributed by atoms with Crippen LogP contribution in [0, 0.1) is 0 Å². The van der Waals surface area contributed by atoms with Gasteiger partial charge in [-0.2, -0.15) is 0 Å². The molecular weight excluding hydrogens is 705 g/mol. The molecule has 0 aromatic heterocycles. The van der Waals surface area contributed by atoms with Gasteiger partial charge in [0.25, 0.3) is 0 Å². The lowest BCUT2D eigenvalue weighted by Crippen LogP contribution is -2.34. The molecule has 0 amide bonds. The Bertz CT molecular complexity index is 1130. The zero-order chi connectivity index (χ0) is 39.8. The summed E-state index contributed by atoms with van der Waals surface area (Å²) >= 11 is 0. The summed E-state index contributed by atoms with van der Waals surface area (Å²) in [4.78, 5) is 33.4. The minimum absolute atomic E-state index is 0.0252. The Morgan fingerprint density at radius 1 is 0.611 bits per heavy atom. The van der Waals surface area contributed by atoms with E-state index in [1.54, 1.807) is 0 Å². The van der Waals surface area contributed by atoms with E-state index in [2.05, 4.69) is 91.3 Å². The average molecular weight is 780 g/mol. The van der Waals surface area contributed by atoms with Crippen LogP contribution in [0.3, 0.4) is 0 Å². The molecule has 0 radical (unpaired) electrons. The van der Waals surface area contributed by atoms with Crippen molar-refractivity contribution >= 4 is 19.8 Å². The lowest BCUT2D eigenvalue weighted by molar-refractivity contribution is -0.154. The quantitative estimate of drug-likeness (QED) is 0.0239. The summed E-state index contributed by atoms with van der Waals surface area (Å²) in [6.45, 7) is 3.59. The number of ether oxygens (including phenoxy) is 2. The SMILES string of the molecule is CC/C=C\C/C=C\C/C=C\C/C=C\C/C=C\C/C=C\CCCOCC(COP(=O)(O)OCC(N)C(=O)O)OC(=O)CCCCCCCCCCCCCC. The molecule has 0 aliphatic heterocycles. The van der Waals surface area contributed by atoms with Crippen molar-refractivity contribution in [3.63, 3.8) is 0 Å². The van der Waals surface area contributed by atoms with Crippen LogP contribution in [0.15, 0.2) is 72.9 Å². The van der Waals surface area contributed by atoms with Gasteiger partial charge in [-0.3, -0.25) is 18.6 Å². The van der Waals surface area contributed by atoms with E-state index < -0.39 is 45.1 Å². The van der Waals surface area contributed by atoms with Gasteiger partial charge in [0.1, 0.15) is 12.1 Å². The summed E-state index contributed by atoms with van der Waals surface area (Å²) in [6.07, 6.45) is 46.8. The second-order valence-electron chi connectivity index (χ2n) is 13.4. The fourth-order valence-electron chi connectivity index (χ4n) is 5.09. The maximum Gasteiger partial charge on any atom is 0.472 e. The van der Waals surface area contributed by atoms with Gasteiger partial charge in [-0.15, -0.1) is 0 Å². The molecule has 10 nitrogen and oxygen atoms in total. The van der Waals surface area contributed by atoms with Crippen LogP contribution in [0.4, 0.5) is 0 Å². The maximum absolute atomic E-state index is 12.6. The van der Waals surface area contributed by atoms with Gasteiger partial charge in [0, 0.05) is 13.0 Å². The lowest BCUT2D eigenvalue weighted by Gasteiger charge is -2.20. The first kappa shape index (κ1) is 51.4. The van der Waals surface area contributed by atoms with Crippen molar-refractivity contribution in [3.8, 4) is 0 Å². The molecule has 0 aromatic rings. The number of carboxylic acids is 1. The first-order valence-corrected chi connectivity index (χ1v) is 22.0. The number of aliphatic carboxylic acids is 1. The monoisotopic (exact) mass is 780 g/mol. The minimum atomic E-state index is -4.63. The van der Waals surface area contributed by atoms with E-state index in [4.69, 9.17) is 24.8 Å². The molecular formula is C43H74NO9P. The Morgan fingerprint density at radius 2 is 1.06 bits per heavy atom. The molecule has 0 spiro atoms. The fraction of sp³-hybridized carbons (Fsp3) is 0.674. The number of allylic oxidation sites excluding steroid dienone is 12. The third-order valence-corrected chi connectivity index (χ3v) is 9.20. The highest BCUT2D eigenvalue weighted by Gasteiger charge is 2.27. The molecule has 0 fully saturated rings. The van der Waals surface area contributed by atoms with Crippen LogP contribution < -0.4 is 5.73 Å². The van der Waals surface area contributed by atoms with Crippen LogP contribution in [0.1, 0.15) is 149 Å². The van der Waals surface area contributed by atoms with Gasteiger partial charge in [0.05, 0.1) is 19.8 Å². The number of carbonyl (C=O) groups excluding carboxylic acids is 1. The molecule has 54 heavy (non-hydrogen) atoms. The number of esters is 1. The number of unbranched alkanes of at least 4 members (excludes halogenated alkanes) is 12. The van der Waals surface area contributed by atoms with Gasteiger partial charge in [0.2, 0.25) is 0 Å². The standard InChI is InChI=1S/C43H74NO9P/c1-3-5-7-9-11-13-15-17-18-19-20-21-22-23-24-26-28-30-32-34-36-50-37-40(38-51-54(48,49)52-39-41(44)43(46)47)53-42(45)35-33-31-29-27-25-16-14-12-10-8-6-4-2/h5,7,11,13,17-18,20-21,23-24,28,30,40-41H,3-4,6,8-10,12,14-16,19,22,25-27,29,31-39,44H2,1-2H3,(H,46,47)(H,48,49)/b7-5-,13-11-,18-17-,21-20-,24-23-,30-28-. The number of nitrogens with two attached hydrogens (primary N) is 1. The van der Waals surface area contributed by atoms with Gasteiger partial charge in [-0.05, 0) is 57.8 Å². The predicted octanol–water partition coefficient (Wildman–Crippen LogP) is 11.0. The van der Waals surface area contributed by atoms with Crippen LogP contribution in [0.5, 0.6) is 0 Å². The third kappa shape index (κ3) is 37.7. The third-order valence-electron chi connectivity index (χ3n) is 8.25. The zero-order valence-corrected chi connectivity index (χ0v) is 34.4. The molecule has 0 aliphatic carbocycles. The summed E-state index contributed by atoms with van der Waals surface area (Å²) in [6, 6.07) is -1.48.